The molecule has 6 nitrogen and oxygen atoms in total. The van der Waals surface area contributed by atoms with Gasteiger partial charge in [-0.2, -0.15) is 0 Å². The van der Waals surface area contributed by atoms with E-state index in [1.807, 2.05) is 33.8 Å². The van der Waals surface area contributed by atoms with Crippen LogP contribution in [0.15, 0.2) is 59.5 Å². The lowest BCUT2D eigenvalue weighted by Gasteiger charge is -2.19. The molecule has 2 amide bonds. The normalized spacial score (nSPS) is 13.9. The van der Waals surface area contributed by atoms with E-state index in [0.29, 0.717) is 5.69 Å². The molecule has 0 fully saturated rings. The summed E-state index contributed by atoms with van der Waals surface area (Å²) in [6.45, 7) is 9.83. The number of imide groups is 1. The molecule has 1 aliphatic heterocycles. The Morgan fingerprint density at radius 2 is 1.47 bits per heavy atom. The van der Waals surface area contributed by atoms with Crippen molar-refractivity contribution >= 4 is 44.8 Å². The maximum Gasteiger partial charge on any atom is 0.268 e. The van der Waals surface area contributed by atoms with Gasteiger partial charge in [0.05, 0.1) is 32.4 Å². The molecular formula is C26H25ClN2O4S. The van der Waals surface area contributed by atoms with Gasteiger partial charge < -0.3 is 0 Å². The molecule has 34 heavy (non-hydrogen) atoms. The third-order valence-corrected chi connectivity index (χ3v) is 7.55. The molecule has 0 bridgehead atoms. The molecule has 0 atom stereocenters. The zero-order chi connectivity index (χ0) is 25.0. The summed E-state index contributed by atoms with van der Waals surface area (Å²) in [4.78, 5) is 27.7. The van der Waals surface area contributed by atoms with Crippen LogP contribution >= 0.6 is 11.6 Å². The van der Waals surface area contributed by atoms with Gasteiger partial charge in [0.1, 0.15) is 0 Å². The highest BCUT2D eigenvalue weighted by molar-refractivity contribution is 7.92. The highest BCUT2D eigenvalue weighted by atomic mass is 35.5. The average molecular weight is 497 g/mol. The lowest BCUT2D eigenvalue weighted by Crippen LogP contribution is -2.30. The van der Waals surface area contributed by atoms with Gasteiger partial charge in [0.25, 0.3) is 21.8 Å². The average Bonchev–Trinajstić information content (AvgIpc) is 3.01. The molecule has 0 radical (unpaired) electrons. The highest BCUT2D eigenvalue weighted by Gasteiger charge is 2.41. The standard InChI is InChI=1S/C26H25ClN2O4S/c1-15-6-13-21(16(2)14-15)29-24(30)22-19(27)11-12-20(23(22)25(29)31)28-34(32,33)18-9-7-17(8-10-18)26(3,4)5/h6-14,28H,1-5H3. The molecule has 3 aromatic rings. The molecule has 1 heterocycles. The minimum absolute atomic E-state index is 0.00455. The number of carbonyl (C=O) groups excluding carboxylic acids is 2. The smallest absolute Gasteiger partial charge is 0.268 e. The monoisotopic (exact) mass is 496 g/mol. The number of anilines is 2. The number of rotatable bonds is 4. The van der Waals surface area contributed by atoms with Crippen LogP contribution in [0.2, 0.25) is 5.02 Å². The number of nitrogens with zero attached hydrogens (tertiary/aromatic N) is 1. The van der Waals surface area contributed by atoms with E-state index in [1.165, 1.54) is 24.3 Å². The number of halogens is 1. The minimum Gasteiger partial charge on any atom is -0.279 e. The summed E-state index contributed by atoms with van der Waals surface area (Å²) < 4.78 is 28.7. The number of aryl methyl sites for hydroxylation is 2. The van der Waals surface area contributed by atoms with Gasteiger partial charge >= 0.3 is 0 Å². The van der Waals surface area contributed by atoms with Crippen molar-refractivity contribution in [1.82, 2.24) is 0 Å². The van der Waals surface area contributed by atoms with Crippen LogP contribution in [0, 0.1) is 13.8 Å². The maximum absolute atomic E-state index is 13.4. The molecule has 0 aliphatic carbocycles. The maximum atomic E-state index is 13.4. The molecule has 1 aliphatic rings. The number of hydrogen-bond acceptors (Lipinski definition) is 4. The SMILES string of the molecule is Cc1ccc(N2C(=O)c3c(Cl)ccc(NS(=O)(=O)c4ccc(C(C)(C)C)cc4)c3C2=O)c(C)c1. The third-order valence-electron chi connectivity index (χ3n) is 5.86. The molecule has 0 unspecified atom stereocenters. The van der Waals surface area contributed by atoms with Crippen LogP contribution in [0.4, 0.5) is 11.4 Å². The predicted molar refractivity (Wildman–Crippen MR) is 134 cm³/mol. The Balaban J connectivity index is 1.75. The Morgan fingerprint density at radius 3 is 2.06 bits per heavy atom. The Hall–Kier alpha value is -3.16. The summed E-state index contributed by atoms with van der Waals surface area (Å²) in [5.41, 5.74) is 2.95. The van der Waals surface area contributed by atoms with Crippen LogP contribution in [0.5, 0.6) is 0 Å². The molecule has 0 saturated heterocycles. The van der Waals surface area contributed by atoms with Crippen molar-refractivity contribution < 1.29 is 18.0 Å². The Bertz CT molecular complexity index is 1440. The summed E-state index contributed by atoms with van der Waals surface area (Å²) in [6, 6.07) is 14.7. The summed E-state index contributed by atoms with van der Waals surface area (Å²) in [5.74, 6) is -1.22. The molecule has 3 aromatic carbocycles. The van der Waals surface area contributed by atoms with E-state index in [1.54, 1.807) is 31.2 Å². The highest BCUT2D eigenvalue weighted by Crippen LogP contribution is 2.39. The summed E-state index contributed by atoms with van der Waals surface area (Å²) in [6.07, 6.45) is 0. The first-order valence-corrected chi connectivity index (χ1v) is 12.6. The second kappa shape index (κ2) is 8.25. The third kappa shape index (κ3) is 4.10. The largest absolute Gasteiger partial charge is 0.279 e. The molecule has 8 heteroatoms. The summed E-state index contributed by atoms with van der Waals surface area (Å²) in [7, 11) is -4.02. The zero-order valence-corrected chi connectivity index (χ0v) is 21.1. The van der Waals surface area contributed by atoms with Crippen molar-refractivity contribution in [3.8, 4) is 0 Å². The van der Waals surface area contributed by atoms with E-state index in [4.69, 9.17) is 11.6 Å². The second-order valence-electron chi connectivity index (χ2n) is 9.46. The van der Waals surface area contributed by atoms with Gasteiger partial charge in [-0.1, -0.05) is 62.2 Å². The van der Waals surface area contributed by atoms with Crippen LogP contribution in [-0.2, 0) is 15.4 Å². The molecule has 176 valence electrons. The van der Waals surface area contributed by atoms with Gasteiger partial charge in [-0.3, -0.25) is 14.3 Å². The van der Waals surface area contributed by atoms with Gasteiger partial charge in [0.15, 0.2) is 0 Å². The van der Waals surface area contributed by atoms with E-state index in [-0.39, 0.29) is 32.1 Å². The molecule has 0 saturated carbocycles. The van der Waals surface area contributed by atoms with E-state index in [9.17, 15) is 18.0 Å². The van der Waals surface area contributed by atoms with Crippen LogP contribution in [-0.4, -0.2) is 20.2 Å². The van der Waals surface area contributed by atoms with Crippen LogP contribution in [0.3, 0.4) is 0 Å². The zero-order valence-electron chi connectivity index (χ0n) is 19.6. The van der Waals surface area contributed by atoms with Crippen molar-refractivity contribution in [2.75, 3.05) is 9.62 Å². The van der Waals surface area contributed by atoms with Gasteiger partial charge in [0, 0.05) is 0 Å². The molecule has 0 spiro atoms. The van der Waals surface area contributed by atoms with Crippen LogP contribution in [0.25, 0.3) is 0 Å². The van der Waals surface area contributed by atoms with Crippen molar-refractivity contribution in [2.24, 2.45) is 0 Å². The molecule has 4 rings (SSSR count). The molecule has 0 aromatic heterocycles. The van der Waals surface area contributed by atoms with Gasteiger partial charge in [-0.15, -0.1) is 0 Å². The first-order chi connectivity index (χ1) is 15.8. The molecule has 1 N–H and O–H groups in total. The second-order valence-corrected chi connectivity index (χ2v) is 11.6. The first kappa shape index (κ1) is 24.0. The number of nitrogens with one attached hydrogen (secondary N) is 1. The minimum atomic E-state index is -4.02. The summed E-state index contributed by atoms with van der Waals surface area (Å²) in [5, 5.41) is 0.0816. The number of benzene rings is 3. The van der Waals surface area contributed by atoms with E-state index < -0.39 is 21.8 Å². The molecular weight excluding hydrogens is 472 g/mol. The Morgan fingerprint density at radius 1 is 0.853 bits per heavy atom. The fourth-order valence-corrected chi connectivity index (χ4v) is 5.33. The van der Waals surface area contributed by atoms with Crippen molar-refractivity contribution in [3.63, 3.8) is 0 Å². The van der Waals surface area contributed by atoms with E-state index in [2.05, 4.69) is 4.72 Å². The van der Waals surface area contributed by atoms with E-state index >= 15 is 0 Å². The first-order valence-electron chi connectivity index (χ1n) is 10.7. The predicted octanol–water partition coefficient (Wildman–Crippen LogP) is 5.86. The van der Waals surface area contributed by atoms with Crippen LogP contribution < -0.4 is 9.62 Å². The quantitative estimate of drug-likeness (QED) is 0.459. The van der Waals surface area contributed by atoms with Gasteiger partial charge in [-0.25, -0.2) is 13.3 Å². The Labute approximate surface area is 204 Å². The number of amides is 2. The number of hydrogen-bond donors (Lipinski definition) is 1. The lowest BCUT2D eigenvalue weighted by molar-refractivity contribution is 0.0926. The fraction of sp³-hybridized carbons (Fsp3) is 0.231. The van der Waals surface area contributed by atoms with Crippen molar-refractivity contribution in [3.05, 3.63) is 87.4 Å². The van der Waals surface area contributed by atoms with Crippen LogP contribution in [0.1, 0.15) is 58.2 Å². The summed E-state index contributed by atoms with van der Waals surface area (Å²) >= 11 is 6.29. The van der Waals surface area contributed by atoms with E-state index in [0.717, 1.165) is 21.6 Å². The van der Waals surface area contributed by atoms with Gasteiger partial charge in [0.2, 0.25) is 0 Å². The van der Waals surface area contributed by atoms with Gasteiger partial charge in [-0.05, 0) is 60.7 Å². The Kier molecular flexibility index (Phi) is 5.82. The number of carbonyl (C=O) groups is 2. The number of sulfonamides is 1. The lowest BCUT2D eigenvalue weighted by atomic mass is 9.87. The topological polar surface area (TPSA) is 83.6 Å². The number of fused-ring (bicyclic) bond motifs is 1. The van der Waals surface area contributed by atoms with Crippen molar-refractivity contribution in [1.29, 1.82) is 0 Å². The fourth-order valence-electron chi connectivity index (χ4n) is 4.02. The van der Waals surface area contributed by atoms with Crippen molar-refractivity contribution in [2.45, 2.75) is 44.9 Å².